The minimum Gasteiger partial charge on any atom is -0.497 e. The minimum atomic E-state index is -0.0327. The first-order valence-electron chi connectivity index (χ1n) is 12.2. The fourth-order valence-electron chi connectivity index (χ4n) is 5.10. The summed E-state index contributed by atoms with van der Waals surface area (Å²) >= 11 is 1.80. The van der Waals surface area contributed by atoms with Crippen LogP contribution in [-0.4, -0.2) is 72.4 Å². The van der Waals surface area contributed by atoms with Gasteiger partial charge in [0, 0.05) is 43.5 Å². The van der Waals surface area contributed by atoms with Gasteiger partial charge in [-0.2, -0.15) is 0 Å². The van der Waals surface area contributed by atoms with Crippen molar-refractivity contribution in [2.24, 2.45) is 5.41 Å². The van der Waals surface area contributed by atoms with Crippen molar-refractivity contribution in [3.05, 3.63) is 51.7 Å². The van der Waals surface area contributed by atoms with Crippen molar-refractivity contribution in [2.45, 2.75) is 52.6 Å². The Hall–Kier alpha value is -2.38. The zero-order valence-corrected chi connectivity index (χ0v) is 21.9. The molecule has 2 amide bonds. The number of fused-ring (bicyclic) bond motifs is 1. The lowest BCUT2D eigenvalue weighted by molar-refractivity contribution is -0.144. The summed E-state index contributed by atoms with van der Waals surface area (Å²) < 4.78 is 5.34. The number of benzene rings is 1. The Balaban J connectivity index is 1.45. The monoisotopic (exact) mass is 483 g/mol. The molecular formula is C27H37N3O3S. The van der Waals surface area contributed by atoms with Crippen LogP contribution in [0.15, 0.2) is 35.7 Å². The molecule has 0 unspecified atom stereocenters. The Kier molecular flexibility index (Phi) is 7.33. The Morgan fingerprint density at radius 3 is 2.44 bits per heavy atom. The van der Waals surface area contributed by atoms with Gasteiger partial charge in [0.15, 0.2) is 0 Å². The smallest absolute Gasteiger partial charge is 0.236 e. The van der Waals surface area contributed by atoms with E-state index in [1.807, 2.05) is 21.9 Å². The largest absolute Gasteiger partial charge is 0.497 e. The van der Waals surface area contributed by atoms with Crippen molar-refractivity contribution < 1.29 is 14.3 Å². The molecule has 34 heavy (non-hydrogen) atoms. The first kappa shape index (κ1) is 24.7. The second-order valence-corrected chi connectivity index (χ2v) is 11.7. The van der Waals surface area contributed by atoms with Crippen molar-refractivity contribution in [1.82, 2.24) is 14.7 Å². The zero-order valence-electron chi connectivity index (χ0n) is 21.0. The Morgan fingerprint density at radius 2 is 1.79 bits per heavy atom. The van der Waals surface area contributed by atoms with E-state index in [4.69, 9.17) is 4.74 Å². The molecule has 4 rings (SSSR count). The van der Waals surface area contributed by atoms with Crippen molar-refractivity contribution in [3.63, 3.8) is 0 Å². The van der Waals surface area contributed by atoms with Gasteiger partial charge in [-0.15, -0.1) is 11.3 Å². The maximum Gasteiger partial charge on any atom is 0.236 e. The summed E-state index contributed by atoms with van der Waals surface area (Å²) in [5, 5.41) is 2.15. The highest BCUT2D eigenvalue weighted by Gasteiger charge is 2.35. The first-order valence-corrected chi connectivity index (χ1v) is 13.1. The van der Waals surface area contributed by atoms with Gasteiger partial charge in [0.25, 0.3) is 0 Å². The van der Waals surface area contributed by atoms with Gasteiger partial charge < -0.3 is 14.5 Å². The number of thiophene rings is 1. The average molecular weight is 484 g/mol. The summed E-state index contributed by atoms with van der Waals surface area (Å²) in [6.45, 7) is 11.4. The van der Waals surface area contributed by atoms with E-state index in [0.29, 0.717) is 32.6 Å². The van der Waals surface area contributed by atoms with Crippen LogP contribution in [0.2, 0.25) is 0 Å². The Bertz CT molecular complexity index is 1010. The summed E-state index contributed by atoms with van der Waals surface area (Å²) in [6, 6.07) is 10.5. The van der Waals surface area contributed by atoms with Crippen LogP contribution >= 0.6 is 11.3 Å². The lowest BCUT2D eigenvalue weighted by atomic mass is 9.91. The summed E-state index contributed by atoms with van der Waals surface area (Å²) in [7, 11) is 1.68. The predicted octanol–water partition coefficient (Wildman–Crippen LogP) is 4.20. The molecule has 2 aliphatic rings. The standard InChI is InChI=1S/C27H37N3O3S/c1-19-17-28(13-14-30(19)24(31)16-27(2,3)4)25(32)18-29-12-10-23-22(11-15-34-23)26(29)20-6-8-21(33-5)9-7-20/h6-9,11,15,19,26H,10,12-14,16-18H2,1-5H3/t19-,26+/m1/s1. The van der Waals surface area contributed by atoms with Gasteiger partial charge in [0.05, 0.1) is 19.7 Å². The lowest BCUT2D eigenvalue weighted by Crippen LogP contribution is -2.57. The molecule has 2 aliphatic heterocycles. The molecule has 0 bridgehead atoms. The summed E-state index contributed by atoms with van der Waals surface area (Å²) in [6.07, 6.45) is 1.50. The van der Waals surface area contributed by atoms with Crippen LogP contribution < -0.4 is 4.74 Å². The third-order valence-corrected chi connectivity index (χ3v) is 7.81. The van der Waals surface area contributed by atoms with Crippen molar-refractivity contribution in [3.8, 4) is 5.75 Å². The van der Waals surface area contributed by atoms with Gasteiger partial charge in [-0.25, -0.2) is 0 Å². The van der Waals surface area contributed by atoms with E-state index in [-0.39, 0.29) is 29.3 Å². The normalized spacial score (nSPS) is 21.3. The van der Waals surface area contributed by atoms with Crippen molar-refractivity contribution in [1.29, 1.82) is 0 Å². The number of carbonyl (C=O) groups is 2. The average Bonchev–Trinajstić information content (AvgIpc) is 3.26. The minimum absolute atomic E-state index is 0.0327. The molecule has 2 aromatic rings. The van der Waals surface area contributed by atoms with Crippen LogP contribution in [0.5, 0.6) is 5.75 Å². The molecule has 1 saturated heterocycles. The molecule has 0 spiro atoms. The van der Waals surface area contributed by atoms with Crippen molar-refractivity contribution in [2.75, 3.05) is 39.8 Å². The number of nitrogens with zero attached hydrogens (tertiary/aromatic N) is 3. The van der Waals surface area contributed by atoms with E-state index >= 15 is 0 Å². The molecule has 0 radical (unpaired) electrons. The van der Waals surface area contributed by atoms with E-state index in [1.165, 1.54) is 16.0 Å². The summed E-state index contributed by atoms with van der Waals surface area (Å²) in [5.41, 5.74) is 2.45. The van der Waals surface area contributed by atoms with Crippen molar-refractivity contribution >= 4 is 23.2 Å². The molecule has 3 heterocycles. The van der Waals surface area contributed by atoms with Crippen LogP contribution in [0.3, 0.4) is 0 Å². The topological polar surface area (TPSA) is 53.1 Å². The molecule has 2 atom stereocenters. The fourth-order valence-corrected chi connectivity index (χ4v) is 6.00. The van der Waals surface area contributed by atoms with Crippen LogP contribution in [0.1, 0.15) is 56.2 Å². The number of hydrogen-bond acceptors (Lipinski definition) is 5. The van der Waals surface area contributed by atoms with Crippen LogP contribution in [0.4, 0.5) is 0 Å². The fraction of sp³-hybridized carbons (Fsp3) is 0.556. The molecule has 0 aliphatic carbocycles. The van der Waals surface area contributed by atoms with E-state index in [9.17, 15) is 9.59 Å². The van der Waals surface area contributed by atoms with Crippen LogP contribution in [0.25, 0.3) is 0 Å². The number of methoxy groups -OCH3 is 1. The second kappa shape index (κ2) is 10.1. The highest BCUT2D eigenvalue weighted by molar-refractivity contribution is 7.10. The van der Waals surface area contributed by atoms with Gasteiger partial charge in [-0.05, 0) is 53.5 Å². The maximum atomic E-state index is 13.4. The number of rotatable bonds is 5. The van der Waals surface area contributed by atoms with E-state index in [0.717, 1.165) is 18.7 Å². The highest BCUT2D eigenvalue weighted by Crippen LogP contribution is 2.38. The number of piperazine rings is 1. The highest BCUT2D eigenvalue weighted by atomic mass is 32.1. The molecule has 7 heteroatoms. The summed E-state index contributed by atoms with van der Waals surface area (Å²) in [5.74, 6) is 1.17. The SMILES string of the molecule is COc1ccc([C@H]2c3ccsc3CCN2CC(=O)N2CCN(C(=O)CC(C)(C)C)[C@H](C)C2)cc1. The Morgan fingerprint density at radius 1 is 1.06 bits per heavy atom. The van der Waals surface area contributed by atoms with Gasteiger partial charge in [-0.3, -0.25) is 14.5 Å². The van der Waals surface area contributed by atoms with Gasteiger partial charge in [0.2, 0.25) is 11.8 Å². The Labute approximate surface area is 207 Å². The molecule has 0 N–H and O–H groups in total. The number of amides is 2. The third kappa shape index (κ3) is 5.47. The van der Waals surface area contributed by atoms with Crippen LogP contribution in [0, 0.1) is 5.41 Å². The van der Waals surface area contributed by atoms with Crippen LogP contribution in [-0.2, 0) is 16.0 Å². The van der Waals surface area contributed by atoms with Gasteiger partial charge in [-0.1, -0.05) is 32.9 Å². The van der Waals surface area contributed by atoms with E-state index < -0.39 is 0 Å². The molecule has 184 valence electrons. The molecule has 6 nitrogen and oxygen atoms in total. The molecule has 1 fully saturated rings. The van der Waals surface area contributed by atoms with Gasteiger partial charge >= 0.3 is 0 Å². The number of carbonyl (C=O) groups excluding carboxylic acids is 2. The molecule has 0 saturated carbocycles. The first-order chi connectivity index (χ1) is 16.2. The number of hydrogen-bond donors (Lipinski definition) is 0. The summed E-state index contributed by atoms with van der Waals surface area (Å²) in [4.78, 5) is 33.8. The second-order valence-electron chi connectivity index (χ2n) is 10.7. The molecule has 1 aromatic carbocycles. The zero-order chi connectivity index (χ0) is 24.5. The van der Waals surface area contributed by atoms with Gasteiger partial charge in [0.1, 0.15) is 5.75 Å². The molecule has 1 aromatic heterocycles. The quantitative estimate of drug-likeness (QED) is 0.640. The van der Waals surface area contributed by atoms with E-state index in [1.54, 1.807) is 18.4 Å². The predicted molar refractivity (Wildman–Crippen MR) is 136 cm³/mol. The maximum absolute atomic E-state index is 13.4. The van der Waals surface area contributed by atoms with E-state index in [2.05, 4.69) is 56.2 Å². The lowest BCUT2D eigenvalue weighted by Gasteiger charge is -2.42. The third-order valence-electron chi connectivity index (χ3n) is 6.82. The molecular weight excluding hydrogens is 446 g/mol. The number of ether oxygens (including phenoxy) is 1.